The van der Waals surface area contributed by atoms with Crippen LogP contribution < -0.4 is 16.2 Å². The maximum absolute atomic E-state index is 6.09. The monoisotopic (exact) mass is 336 g/mol. The minimum absolute atomic E-state index is 0.0900. The highest BCUT2D eigenvalue weighted by molar-refractivity contribution is 6.35. The standard InChI is InChI=1S/C15H14Cl2N4O/c16-13-2-1-3-14(17)12(13)9-22-11-6-4-10(5-7-11)8-20-21-15(18)19/h1-8H,9H2,(H4,18,19,21)/b20-8+. The van der Waals surface area contributed by atoms with Gasteiger partial charge in [-0.25, -0.2) is 0 Å². The molecule has 0 aliphatic heterocycles. The number of guanidine groups is 1. The number of halogens is 2. The Balaban J connectivity index is 2.00. The first kappa shape index (κ1) is 16.1. The van der Waals surface area contributed by atoms with Crippen LogP contribution in [-0.4, -0.2) is 12.2 Å². The summed E-state index contributed by atoms with van der Waals surface area (Å²) in [6.45, 7) is 0.292. The number of hydrogen-bond donors (Lipinski definition) is 2. The van der Waals surface area contributed by atoms with Gasteiger partial charge in [0, 0.05) is 15.6 Å². The summed E-state index contributed by atoms with van der Waals surface area (Å²) in [5.74, 6) is 0.600. The Labute approximate surface area is 138 Å². The Bertz CT molecular complexity index is 675. The van der Waals surface area contributed by atoms with E-state index in [9.17, 15) is 0 Å². The van der Waals surface area contributed by atoms with Crippen LogP contribution >= 0.6 is 23.2 Å². The van der Waals surface area contributed by atoms with Crippen LogP contribution in [0.5, 0.6) is 5.75 Å². The highest BCUT2D eigenvalue weighted by atomic mass is 35.5. The fourth-order valence-corrected chi connectivity index (χ4v) is 2.14. The van der Waals surface area contributed by atoms with E-state index < -0.39 is 0 Å². The van der Waals surface area contributed by atoms with Crippen molar-refractivity contribution in [3.8, 4) is 5.75 Å². The van der Waals surface area contributed by atoms with Crippen LogP contribution in [0.15, 0.2) is 52.7 Å². The summed E-state index contributed by atoms with van der Waals surface area (Å²) in [6, 6.07) is 12.6. The molecule has 0 spiro atoms. The van der Waals surface area contributed by atoms with E-state index >= 15 is 0 Å². The van der Waals surface area contributed by atoms with Crippen molar-refractivity contribution in [3.63, 3.8) is 0 Å². The van der Waals surface area contributed by atoms with Crippen molar-refractivity contribution in [1.29, 1.82) is 0 Å². The summed E-state index contributed by atoms with van der Waals surface area (Å²) in [4.78, 5) is 0. The van der Waals surface area contributed by atoms with E-state index in [1.807, 2.05) is 24.3 Å². The number of benzene rings is 2. The topological polar surface area (TPSA) is 86.0 Å². The summed E-state index contributed by atoms with van der Waals surface area (Å²) >= 11 is 12.2. The molecule has 0 aliphatic carbocycles. The Morgan fingerprint density at radius 3 is 2.27 bits per heavy atom. The van der Waals surface area contributed by atoms with Crippen LogP contribution in [-0.2, 0) is 6.61 Å². The molecule has 0 aromatic heterocycles. The molecule has 0 saturated heterocycles. The van der Waals surface area contributed by atoms with Gasteiger partial charge in [-0.2, -0.15) is 5.10 Å². The number of nitrogens with zero attached hydrogens (tertiary/aromatic N) is 2. The normalized spacial score (nSPS) is 10.6. The van der Waals surface area contributed by atoms with Gasteiger partial charge in [0.1, 0.15) is 12.4 Å². The number of rotatable bonds is 5. The van der Waals surface area contributed by atoms with Gasteiger partial charge >= 0.3 is 0 Å². The van der Waals surface area contributed by atoms with Gasteiger partial charge < -0.3 is 16.2 Å². The molecule has 22 heavy (non-hydrogen) atoms. The first-order valence-corrected chi connectivity index (χ1v) is 7.09. The van der Waals surface area contributed by atoms with Gasteiger partial charge in [0.15, 0.2) is 0 Å². The molecule has 7 heteroatoms. The molecule has 0 unspecified atom stereocenters. The lowest BCUT2D eigenvalue weighted by molar-refractivity contribution is 0.306. The number of nitrogens with two attached hydrogens (primary N) is 2. The highest BCUT2D eigenvalue weighted by Gasteiger charge is 2.06. The van der Waals surface area contributed by atoms with Gasteiger partial charge in [0.25, 0.3) is 0 Å². The van der Waals surface area contributed by atoms with Crippen LogP contribution in [0.25, 0.3) is 0 Å². The lowest BCUT2D eigenvalue weighted by Crippen LogP contribution is -2.21. The van der Waals surface area contributed by atoms with E-state index in [0.717, 1.165) is 11.1 Å². The fraction of sp³-hybridized carbons (Fsp3) is 0.0667. The molecule has 2 rings (SSSR count). The molecule has 114 valence electrons. The van der Waals surface area contributed by atoms with E-state index in [0.29, 0.717) is 22.4 Å². The largest absolute Gasteiger partial charge is 0.489 e. The Morgan fingerprint density at radius 1 is 1.05 bits per heavy atom. The van der Waals surface area contributed by atoms with E-state index in [1.54, 1.807) is 18.2 Å². The molecule has 0 atom stereocenters. The van der Waals surface area contributed by atoms with E-state index in [1.165, 1.54) is 6.21 Å². The van der Waals surface area contributed by atoms with E-state index in [4.69, 9.17) is 39.4 Å². The maximum Gasteiger partial charge on any atom is 0.211 e. The smallest absolute Gasteiger partial charge is 0.211 e. The molecule has 0 radical (unpaired) electrons. The summed E-state index contributed by atoms with van der Waals surface area (Å²) in [7, 11) is 0. The molecule has 0 bridgehead atoms. The average molecular weight is 337 g/mol. The molecule has 4 N–H and O–H groups in total. The lowest BCUT2D eigenvalue weighted by Gasteiger charge is -2.09. The lowest BCUT2D eigenvalue weighted by atomic mass is 10.2. The van der Waals surface area contributed by atoms with Crippen molar-refractivity contribution >= 4 is 35.4 Å². The zero-order valence-electron chi connectivity index (χ0n) is 11.5. The molecule has 2 aromatic rings. The van der Waals surface area contributed by atoms with Gasteiger partial charge in [0.2, 0.25) is 5.96 Å². The third-order valence-corrected chi connectivity index (χ3v) is 3.41. The summed E-state index contributed by atoms with van der Waals surface area (Å²) in [6.07, 6.45) is 1.54. The second-order valence-corrected chi connectivity index (χ2v) is 5.14. The molecule has 0 aliphatic rings. The van der Waals surface area contributed by atoms with E-state index in [2.05, 4.69) is 10.2 Å². The quantitative estimate of drug-likeness (QED) is 0.499. The summed E-state index contributed by atoms with van der Waals surface area (Å²) < 4.78 is 5.67. The molecule has 0 amide bonds. The molecule has 0 saturated carbocycles. The number of ether oxygens (including phenoxy) is 1. The number of hydrogen-bond acceptors (Lipinski definition) is 3. The van der Waals surface area contributed by atoms with Crippen LogP contribution in [0.4, 0.5) is 0 Å². The minimum Gasteiger partial charge on any atom is -0.489 e. The molecular weight excluding hydrogens is 323 g/mol. The zero-order valence-corrected chi connectivity index (χ0v) is 13.1. The van der Waals surface area contributed by atoms with Gasteiger partial charge in [-0.05, 0) is 42.0 Å². The zero-order chi connectivity index (χ0) is 15.9. The van der Waals surface area contributed by atoms with Gasteiger partial charge in [0.05, 0.1) is 6.21 Å². The van der Waals surface area contributed by atoms with Gasteiger partial charge in [-0.15, -0.1) is 5.10 Å². The SMILES string of the molecule is NC(N)=N/N=C/c1ccc(OCc2c(Cl)cccc2Cl)cc1. The van der Waals surface area contributed by atoms with Crippen LogP contribution in [0, 0.1) is 0 Å². The van der Waals surface area contributed by atoms with E-state index in [-0.39, 0.29) is 5.96 Å². The molecule has 5 nitrogen and oxygen atoms in total. The minimum atomic E-state index is -0.0900. The van der Waals surface area contributed by atoms with Crippen molar-refractivity contribution in [3.05, 3.63) is 63.6 Å². The first-order chi connectivity index (χ1) is 10.6. The van der Waals surface area contributed by atoms with Crippen molar-refractivity contribution < 1.29 is 4.74 Å². The second-order valence-electron chi connectivity index (χ2n) is 4.33. The Morgan fingerprint density at radius 2 is 1.68 bits per heavy atom. The third kappa shape index (κ3) is 4.65. The average Bonchev–Trinajstić information content (AvgIpc) is 2.48. The summed E-state index contributed by atoms with van der Waals surface area (Å²) in [5, 5.41) is 8.40. The Kier molecular flexibility index (Phi) is 5.63. The predicted octanol–water partition coefficient (Wildman–Crippen LogP) is 3.18. The fourth-order valence-electron chi connectivity index (χ4n) is 1.64. The molecular formula is C15H14Cl2N4O. The van der Waals surface area contributed by atoms with Crippen molar-refractivity contribution in [1.82, 2.24) is 0 Å². The Hall–Kier alpha value is -2.24. The van der Waals surface area contributed by atoms with Gasteiger partial charge in [-0.3, -0.25) is 0 Å². The molecule has 0 heterocycles. The third-order valence-electron chi connectivity index (χ3n) is 2.70. The van der Waals surface area contributed by atoms with Crippen molar-refractivity contribution in [2.75, 3.05) is 0 Å². The van der Waals surface area contributed by atoms with Crippen molar-refractivity contribution in [2.45, 2.75) is 6.61 Å². The second kappa shape index (κ2) is 7.68. The molecule has 0 fully saturated rings. The van der Waals surface area contributed by atoms with Gasteiger partial charge in [-0.1, -0.05) is 29.3 Å². The summed E-state index contributed by atoms with van der Waals surface area (Å²) in [5.41, 5.74) is 11.9. The predicted molar refractivity (Wildman–Crippen MR) is 90.6 cm³/mol. The van der Waals surface area contributed by atoms with Crippen LogP contribution in [0.1, 0.15) is 11.1 Å². The van der Waals surface area contributed by atoms with Crippen molar-refractivity contribution in [2.24, 2.45) is 21.7 Å². The maximum atomic E-state index is 6.09. The molecule has 2 aromatic carbocycles. The highest BCUT2D eigenvalue weighted by Crippen LogP contribution is 2.25. The van der Waals surface area contributed by atoms with Crippen LogP contribution in [0.3, 0.4) is 0 Å². The first-order valence-electron chi connectivity index (χ1n) is 6.34. The van der Waals surface area contributed by atoms with Crippen LogP contribution in [0.2, 0.25) is 10.0 Å².